The van der Waals surface area contributed by atoms with Gasteiger partial charge in [-0.25, -0.2) is 0 Å². The quantitative estimate of drug-likeness (QED) is 0.410. The zero-order valence-electron chi connectivity index (χ0n) is 7.58. The van der Waals surface area contributed by atoms with Crippen molar-refractivity contribution in [2.45, 2.75) is 18.4 Å². The van der Waals surface area contributed by atoms with Gasteiger partial charge in [0.25, 0.3) is 10.1 Å². The lowest BCUT2D eigenvalue weighted by Crippen LogP contribution is -2.50. The van der Waals surface area contributed by atoms with E-state index in [0.717, 1.165) is 0 Å². The van der Waals surface area contributed by atoms with Crippen molar-refractivity contribution in [2.24, 2.45) is 5.73 Å². The van der Waals surface area contributed by atoms with Gasteiger partial charge in [-0.3, -0.25) is 14.1 Å². The van der Waals surface area contributed by atoms with Crippen LogP contribution in [0.2, 0.25) is 0 Å². The fraction of sp³-hybridized carbons (Fsp3) is 0.667. The Bertz CT molecular complexity index is 362. The van der Waals surface area contributed by atoms with Gasteiger partial charge < -0.3 is 15.9 Å². The van der Waals surface area contributed by atoms with Crippen LogP contribution in [0.25, 0.3) is 0 Å². The van der Waals surface area contributed by atoms with Gasteiger partial charge in [0.15, 0.2) is 0 Å². The van der Waals surface area contributed by atoms with Gasteiger partial charge in [0, 0.05) is 0 Å². The minimum absolute atomic E-state index is 0.673. The zero-order chi connectivity index (χ0) is 12.3. The lowest BCUT2D eigenvalue weighted by Gasteiger charge is -2.21. The predicted molar refractivity (Wildman–Crippen MR) is 47.8 cm³/mol. The van der Waals surface area contributed by atoms with Gasteiger partial charge in [0.05, 0.1) is 12.2 Å². The lowest BCUT2D eigenvalue weighted by molar-refractivity contribution is -0.149. The van der Waals surface area contributed by atoms with Crippen molar-refractivity contribution in [1.82, 2.24) is 0 Å². The molecule has 15 heavy (non-hydrogen) atoms. The molecule has 0 aromatic carbocycles. The Morgan fingerprint density at radius 1 is 1.27 bits per heavy atom. The van der Waals surface area contributed by atoms with Crippen molar-refractivity contribution in [1.29, 1.82) is 0 Å². The van der Waals surface area contributed by atoms with E-state index in [1.165, 1.54) is 0 Å². The van der Waals surface area contributed by atoms with E-state index >= 15 is 0 Å². The van der Waals surface area contributed by atoms with Crippen LogP contribution >= 0.6 is 0 Å². The summed E-state index contributed by atoms with van der Waals surface area (Å²) in [6.07, 6.45) is -1.59. The molecule has 88 valence electrons. The molecule has 0 aromatic rings. The van der Waals surface area contributed by atoms with E-state index in [1.54, 1.807) is 0 Å². The topological polar surface area (TPSA) is 155 Å². The van der Waals surface area contributed by atoms with Crippen LogP contribution in [0.5, 0.6) is 0 Å². The second-order valence-electron chi connectivity index (χ2n) is 3.07. The molecule has 0 amide bonds. The zero-order valence-corrected chi connectivity index (χ0v) is 8.40. The molecule has 0 radical (unpaired) electrons. The van der Waals surface area contributed by atoms with Gasteiger partial charge in [0.1, 0.15) is 5.54 Å². The summed E-state index contributed by atoms with van der Waals surface area (Å²) in [6, 6.07) is 0. The molecular weight excluding hydrogens is 230 g/mol. The number of hydrogen-bond donors (Lipinski definition) is 4. The van der Waals surface area contributed by atoms with Crippen LogP contribution in [0, 0.1) is 0 Å². The van der Waals surface area contributed by atoms with Crippen LogP contribution in [0.1, 0.15) is 12.8 Å². The summed E-state index contributed by atoms with van der Waals surface area (Å²) in [4.78, 5) is 20.9. The molecular formula is C6H11NO7S. The molecule has 1 atom stereocenters. The molecule has 5 N–H and O–H groups in total. The van der Waals surface area contributed by atoms with Crippen molar-refractivity contribution in [3.8, 4) is 0 Å². The number of carbonyl (C=O) groups is 2. The number of rotatable bonds is 6. The van der Waals surface area contributed by atoms with Gasteiger partial charge in [-0.15, -0.1) is 0 Å². The van der Waals surface area contributed by atoms with E-state index in [1.807, 2.05) is 0 Å². The van der Waals surface area contributed by atoms with E-state index in [0.29, 0.717) is 0 Å². The smallest absolute Gasteiger partial charge is 0.324 e. The average Bonchev–Trinajstić information content (AvgIpc) is 1.98. The maximum absolute atomic E-state index is 10.6. The first-order chi connectivity index (χ1) is 6.57. The molecule has 9 heteroatoms. The third-order valence-corrected chi connectivity index (χ3v) is 2.42. The van der Waals surface area contributed by atoms with Crippen LogP contribution in [0.3, 0.4) is 0 Å². The van der Waals surface area contributed by atoms with E-state index in [2.05, 4.69) is 0 Å². The van der Waals surface area contributed by atoms with Crippen molar-refractivity contribution >= 4 is 22.1 Å². The first kappa shape index (κ1) is 13.8. The minimum atomic E-state index is -4.36. The van der Waals surface area contributed by atoms with E-state index < -0.39 is 46.2 Å². The highest BCUT2D eigenvalue weighted by Gasteiger charge is 2.37. The highest BCUT2D eigenvalue weighted by molar-refractivity contribution is 7.85. The summed E-state index contributed by atoms with van der Waals surface area (Å²) in [6.45, 7) is 0. The van der Waals surface area contributed by atoms with Gasteiger partial charge in [-0.1, -0.05) is 0 Å². The molecule has 0 unspecified atom stereocenters. The Morgan fingerprint density at radius 3 is 2.00 bits per heavy atom. The third-order valence-electron chi connectivity index (χ3n) is 1.70. The Kier molecular flexibility index (Phi) is 4.19. The van der Waals surface area contributed by atoms with E-state index in [4.69, 9.17) is 20.5 Å². The normalized spacial score (nSPS) is 15.6. The lowest BCUT2D eigenvalue weighted by atomic mass is 9.94. The van der Waals surface area contributed by atoms with Crippen molar-refractivity contribution in [3.63, 3.8) is 0 Å². The molecule has 0 bridgehead atoms. The van der Waals surface area contributed by atoms with Gasteiger partial charge in [-0.2, -0.15) is 8.42 Å². The molecule has 0 aliphatic rings. The highest BCUT2D eigenvalue weighted by Crippen LogP contribution is 2.13. The van der Waals surface area contributed by atoms with Crippen LogP contribution in [-0.4, -0.2) is 46.4 Å². The van der Waals surface area contributed by atoms with Crippen LogP contribution in [0.15, 0.2) is 0 Å². The van der Waals surface area contributed by atoms with Crippen LogP contribution < -0.4 is 5.73 Å². The molecule has 0 spiro atoms. The molecule has 8 nitrogen and oxygen atoms in total. The molecule has 0 aliphatic carbocycles. The Balaban J connectivity index is 4.67. The summed E-state index contributed by atoms with van der Waals surface area (Å²) >= 11 is 0. The summed E-state index contributed by atoms with van der Waals surface area (Å²) in [5.41, 5.74) is 3.00. The number of carboxylic acids is 2. The Morgan fingerprint density at radius 2 is 1.73 bits per heavy atom. The molecule has 0 rings (SSSR count). The van der Waals surface area contributed by atoms with Gasteiger partial charge in [0.2, 0.25) is 0 Å². The monoisotopic (exact) mass is 241 g/mol. The fourth-order valence-electron chi connectivity index (χ4n) is 0.852. The van der Waals surface area contributed by atoms with Crippen molar-refractivity contribution in [3.05, 3.63) is 0 Å². The second kappa shape index (κ2) is 4.55. The first-order valence-corrected chi connectivity index (χ1v) is 5.37. The van der Waals surface area contributed by atoms with Crippen LogP contribution in [0.4, 0.5) is 0 Å². The van der Waals surface area contributed by atoms with E-state index in [-0.39, 0.29) is 0 Å². The summed E-state index contributed by atoms with van der Waals surface area (Å²) in [7, 11) is -4.36. The molecule has 0 aliphatic heterocycles. The highest BCUT2D eigenvalue weighted by atomic mass is 32.2. The average molecular weight is 241 g/mol. The van der Waals surface area contributed by atoms with Crippen molar-refractivity contribution in [2.75, 3.05) is 5.75 Å². The molecule has 0 saturated carbocycles. The molecule has 0 saturated heterocycles. The van der Waals surface area contributed by atoms with Crippen LogP contribution in [-0.2, 0) is 19.7 Å². The maximum Gasteiger partial charge on any atom is 0.324 e. The summed E-state index contributed by atoms with van der Waals surface area (Å²) in [5.74, 6) is -3.99. The van der Waals surface area contributed by atoms with Gasteiger partial charge >= 0.3 is 11.9 Å². The van der Waals surface area contributed by atoms with Gasteiger partial charge in [-0.05, 0) is 6.42 Å². The standard InChI is InChI=1S/C6H11NO7S/c7-6(5(10)11,3-4(8)9)1-2-15(12,13)14/h1-3,7H2,(H,8,9)(H,10,11)(H,12,13,14)/t6-/m0/s1. The van der Waals surface area contributed by atoms with Crippen molar-refractivity contribution < 1.29 is 32.8 Å². The SMILES string of the molecule is N[C@@](CCS(=O)(=O)O)(CC(=O)O)C(=O)O. The number of carboxylic acid groups (broad SMARTS) is 2. The maximum atomic E-state index is 10.6. The largest absolute Gasteiger partial charge is 0.481 e. The summed E-state index contributed by atoms with van der Waals surface area (Å²) in [5, 5.41) is 17.0. The van der Waals surface area contributed by atoms with E-state index in [9.17, 15) is 18.0 Å². The molecule has 0 aromatic heterocycles. The fourth-order valence-corrected chi connectivity index (χ4v) is 1.47. The molecule has 0 fully saturated rings. The number of nitrogens with two attached hydrogens (primary N) is 1. The number of hydrogen-bond acceptors (Lipinski definition) is 5. The second-order valence-corrected chi connectivity index (χ2v) is 4.64. The predicted octanol–water partition coefficient (Wildman–Crippen LogP) is -1.48. The molecule has 0 heterocycles. The number of aliphatic carboxylic acids is 2. The Labute approximate surface area is 85.4 Å². The first-order valence-electron chi connectivity index (χ1n) is 3.76. The Hall–Kier alpha value is -1.19. The third kappa shape index (κ3) is 5.30. The minimum Gasteiger partial charge on any atom is -0.481 e. The summed E-state index contributed by atoms with van der Waals surface area (Å²) < 4.78 is 29.1.